The van der Waals surface area contributed by atoms with Gasteiger partial charge in [-0.05, 0) is 59.7 Å². The second kappa shape index (κ2) is 11.9. The SMILES string of the molecule is O=C(COc1ccc(C(=O)N/N=C\c2cccc(Br)c2)cc1)N/N=C\c1cccc(Br)c1. The van der Waals surface area contributed by atoms with E-state index in [1.54, 1.807) is 30.5 Å². The molecule has 0 spiro atoms. The molecule has 0 bridgehead atoms. The van der Waals surface area contributed by atoms with Crippen LogP contribution in [0.5, 0.6) is 5.75 Å². The molecule has 7 nitrogen and oxygen atoms in total. The monoisotopic (exact) mass is 556 g/mol. The first-order valence-electron chi connectivity index (χ1n) is 9.39. The molecule has 32 heavy (non-hydrogen) atoms. The van der Waals surface area contributed by atoms with Crippen molar-refractivity contribution in [3.05, 3.63) is 98.4 Å². The van der Waals surface area contributed by atoms with Crippen LogP contribution in [-0.2, 0) is 4.79 Å². The highest BCUT2D eigenvalue weighted by molar-refractivity contribution is 9.10. The van der Waals surface area contributed by atoms with Crippen molar-refractivity contribution in [2.75, 3.05) is 6.61 Å². The van der Waals surface area contributed by atoms with Crippen molar-refractivity contribution in [3.63, 3.8) is 0 Å². The molecule has 0 saturated heterocycles. The molecule has 2 N–H and O–H groups in total. The fourth-order valence-electron chi connectivity index (χ4n) is 2.47. The topological polar surface area (TPSA) is 92.2 Å². The molecule has 0 atom stereocenters. The Morgan fingerprint density at radius 3 is 1.94 bits per heavy atom. The molecule has 3 rings (SSSR count). The highest BCUT2D eigenvalue weighted by Gasteiger charge is 2.06. The van der Waals surface area contributed by atoms with Gasteiger partial charge in [-0.3, -0.25) is 9.59 Å². The fourth-order valence-corrected chi connectivity index (χ4v) is 3.30. The van der Waals surface area contributed by atoms with E-state index in [0.717, 1.165) is 20.1 Å². The zero-order valence-electron chi connectivity index (χ0n) is 16.7. The highest BCUT2D eigenvalue weighted by Crippen LogP contribution is 2.13. The average Bonchev–Trinajstić information content (AvgIpc) is 2.78. The third kappa shape index (κ3) is 7.75. The molecule has 0 heterocycles. The van der Waals surface area contributed by atoms with E-state index in [1.165, 1.54) is 6.21 Å². The van der Waals surface area contributed by atoms with Gasteiger partial charge in [0.05, 0.1) is 12.4 Å². The lowest BCUT2D eigenvalue weighted by molar-refractivity contribution is -0.123. The van der Waals surface area contributed by atoms with Crippen LogP contribution in [0, 0.1) is 0 Å². The molecule has 9 heteroatoms. The number of rotatable bonds is 8. The predicted molar refractivity (Wildman–Crippen MR) is 131 cm³/mol. The molecule has 3 aromatic rings. The molecule has 0 aromatic heterocycles. The normalized spacial score (nSPS) is 10.9. The third-order valence-electron chi connectivity index (χ3n) is 3.97. The number of ether oxygens (including phenoxy) is 1. The lowest BCUT2D eigenvalue weighted by Crippen LogP contribution is -2.24. The zero-order chi connectivity index (χ0) is 22.8. The number of carbonyl (C=O) groups excluding carboxylic acids is 2. The van der Waals surface area contributed by atoms with Gasteiger partial charge in [0.25, 0.3) is 11.8 Å². The van der Waals surface area contributed by atoms with Crippen molar-refractivity contribution >= 4 is 56.1 Å². The van der Waals surface area contributed by atoms with Gasteiger partial charge in [0.15, 0.2) is 6.61 Å². The summed E-state index contributed by atoms with van der Waals surface area (Å²) in [5.74, 6) is -0.312. The number of nitrogens with zero attached hydrogens (tertiary/aromatic N) is 2. The quantitative estimate of drug-likeness (QED) is 0.315. The molecule has 0 aliphatic rings. The number of amides is 2. The molecule has 0 aliphatic carbocycles. The molecule has 0 unspecified atom stereocenters. The lowest BCUT2D eigenvalue weighted by atomic mass is 10.2. The zero-order valence-corrected chi connectivity index (χ0v) is 19.8. The van der Waals surface area contributed by atoms with Crippen LogP contribution >= 0.6 is 31.9 Å². The number of halogens is 2. The maximum atomic E-state index is 12.2. The van der Waals surface area contributed by atoms with Gasteiger partial charge in [-0.15, -0.1) is 0 Å². The Kier molecular flexibility index (Phi) is 8.70. The van der Waals surface area contributed by atoms with Crippen LogP contribution in [0.3, 0.4) is 0 Å². The molecule has 2 amide bonds. The van der Waals surface area contributed by atoms with Crippen LogP contribution in [0.1, 0.15) is 21.5 Å². The van der Waals surface area contributed by atoms with Gasteiger partial charge in [-0.25, -0.2) is 10.9 Å². The van der Waals surface area contributed by atoms with Crippen molar-refractivity contribution in [2.24, 2.45) is 10.2 Å². The summed E-state index contributed by atoms with van der Waals surface area (Å²) in [7, 11) is 0. The maximum Gasteiger partial charge on any atom is 0.277 e. The van der Waals surface area contributed by atoms with Crippen LogP contribution in [0.4, 0.5) is 0 Å². The summed E-state index contributed by atoms with van der Waals surface area (Å²) < 4.78 is 7.26. The Bertz CT molecular complexity index is 1150. The molecule has 0 fully saturated rings. The van der Waals surface area contributed by atoms with E-state index in [4.69, 9.17) is 4.74 Å². The second-order valence-electron chi connectivity index (χ2n) is 6.42. The first-order valence-corrected chi connectivity index (χ1v) is 11.0. The Morgan fingerprint density at radius 2 is 1.38 bits per heavy atom. The summed E-state index contributed by atoms with van der Waals surface area (Å²) in [6, 6.07) is 21.4. The van der Waals surface area contributed by atoms with E-state index >= 15 is 0 Å². The van der Waals surface area contributed by atoms with Crippen LogP contribution < -0.4 is 15.6 Å². The number of benzene rings is 3. The van der Waals surface area contributed by atoms with E-state index in [1.807, 2.05) is 48.5 Å². The summed E-state index contributed by atoms with van der Waals surface area (Å²) in [4.78, 5) is 24.0. The van der Waals surface area contributed by atoms with E-state index in [0.29, 0.717) is 11.3 Å². The Labute approximate surface area is 201 Å². The number of hydrazone groups is 2. The summed E-state index contributed by atoms with van der Waals surface area (Å²) in [6.07, 6.45) is 3.09. The smallest absolute Gasteiger partial charge is 0.277 e. The number of carbonyl (C=O) groups is 2. The van der Waals surface area contributed by atoms with Gasteiger partial charge in [0, 0.05) is 14.5 Å². The first-order chi connectivity index (χ1) is 15.5. The van der Waals surface area contributed by atoms with E-state index in [9.17, 15) is 9.59 Å². The number of hydrogen-bond donors (Lipinski definition) is 2. The average molecular weight is 558 g/mol. The minimum absolute atomic E-state index is 0.210. The fraction of sp³-hybridized carbons (Fsp3) is 0.0435. The van der Waals surface area contributed by atoms with E-state index in [-0.39, 0.29) is 12.5 Å². The van der Waals surface area contributed by atoms with Gasteiger partial charge in [0.2, 0.25) is 0 Å². The number of nitrogens with one attached hydrogen (secondary N) is 2. The minimum Gasteiger partial charge on any atom is -0.484 e. The maximum absolute atomic E-state index is 12.2. The largest absolute Gasteiger partial charge is 0.484 e. The van der Waals surface area contributed by atoms with Gasteiger partial charge in [-0.1, -0.05) is 56.1 Å². The summed E-state index contributed by atoms with van der Waals surface area (Å²) in [5, 5.41) is 7.84. The lowest BCUT2D eigenvalue weighted by Gasteiger charge is -2.06. The Morgan fingerprint density at radius 1 is 0.812 bits per heavy atom. The predicted octanol–water partition coefficient (Wildman–Crippen LogP) is 4.50. The van der Waals surface area contributed by atoms with Crippen molar-refractivity contribution in [1.29, 1.82) is 0 Å². The van der Waals surface area contributed by atoms with Crippen LogP contribution in [0.25, 0.3) is 0 Å². The Hall–Kier alpha value is -3.30. The van der Waals surface area contributed by atoms with Gasteiger partial charge in [-0.2, -0.15) is 10.2 Å². The molecular formula is C23H18Br2N4O3. The summed E-state index contributed by atoms with van der Waals surface area (Å²) in [5.41, 5.74) is 6.97. The van der Waals surface area contributed by atoms with Crippen molar-refractivity contribution in [1.82, 2.24) is 10.9 Å². The minimum atomic E-state index is -0.403. The molecular weight excluding hydrogens is 540 g/mol. The van der Waals surface area contributed by atoms with Crippen molar-refractivity contribution in [3.8, 4) is 5.75 Å². The number of hydrogen-bond acceptors (Lipinski definition) is 5. The highest BCUT2D eigenvalue weighted by atomic mass is 79.9. The van der Waals surface area contributed by atoms with Crippen LogP contribution in [0.2, 0.25) is 0 Å². The summed E-state index contributed by atoms with van der Waals surface area (Å²) in [6.45, 7) is -0.210. The standard InChI is InChI=1S/C23H18Br2N4O3/c24-19-5-1-3-16(11-19)13-26-28-22(30)15-32-21-9-7-18(8-10-21)23(31)29-27-14-17-4-2-6-20(25)12-17/h1-14H,15H2,(H,28,30)(H,29,31)/b26-13-,27-14-. The van der Waals surface area contributed by atoms with Gasteiger partial charge >= 0.3 is 0 Å². The van der Waals surface area contributed by atoms with Crippen molar-refractivity contribution < 1.29 is 14.3 Å². The molecule has 162 valence electrons. The van der Waals surface area contributed by atoms with Crippen LogP contribution in [-0.4, -0.2) is 30.9 Å². The van der Waals surface area contributed by atoms with Gasteiger partial charge < -0.3 is 4.74 Å². The van der Waals surface area contributed by atoms with Crippen LogP contribution in [0.15, 0.2) is 91.9 Å². The molecule has 3 aromatic carbocycles. The second-order valence-corrected chi connectivity index (χ2v) is 8.25. The molecule has 0 saturated carbocycles. The van der Waals surface area contributed by atoms with E-state index in [2.05, 4.69) is 52.9 Å². The van der Waals surface area contributed by atoms with Gasteiger partial charge in [0.1, 0.15) is 5.75 Å². The first kappa shape index (κ1) is 23.4. The summed E-state index contributed by atoms with van der Waals surface area (Å²) >= 11 is 6.75. The molecule has 0 aliphatic heterocycles. The molecule has 0 radical (unpaired) electrons. The van der Waals surface area contributed by atoms with Crippen molar-refractivity contribution in [2.45, 2.75) is 0 Å². The van der Waals surface area contributed by atoms with E-state index < -0.39 is 5.91 Å². The Balaban J connectivity index is 1.43. The third-order valence-corrected chi connectivity index (χ3v) is 4.95.